The van der Waals surface area contributed by atoms with Gasteiger partial charge in [-0.15, -0.1) is 23.5 Å². The normalized spacial score (nSPS) is 27.6. The average molecular weight is 1840 g/mol. The molecule has 6 aromatic rings. The summed E-state index contributed by atoms with van der Waals surface area (Å²) >= 11 is 1.95. The fourth-order valence-electron chi connectivity index (χ4n) is 20.8. The van der Waals surface area contributed by atoms with Crippen LogP contribution in [0.2, 0.25) is 0 Å². The van der Waals surface area contributed by atoms with E-state index in [0.717, 1.165) is 23.5 Å². The monoisotopic (exact) mass is 1840 g/mol. The number of carbonyl (C=O) groups excluding carboxylic acids is 4. The number of aryl methyl sites for hydroxylation is 2. The third-order valence-corrected chi connectivity index (χ3v) is 29.6. The summed E-state index contributed by atoms with van der Waals surface area (Å²) in [7, 11) is 8.75. The van der Waals surface area contributed by atoms with Gasteiger partial charge in [-0.05, 0) is 136 Å². The van der Waals surface area contributed by atoms with Crippen LogP contribution in [0.5, 0.6) is 80.5 Å². The van der Waals surface area contributed by atoms with Gasteiger partial charge in [-0.25, -0.2) is 19.2 Å². The molecule has 44 heteroatoms. The number of likely N-dealkylation sites (N-methyl/N-ethyl adjacent to an activating group) is 2. The number of halogens is 14. The molecule has 4 fully saturated rings. The van der Waals surface area contributed by atoms with Crippen molar-refractivity contribution in [2.45, 2.75) is 172 Å². The first-order valence-corrected chi connectivity index (χ1v) is 41.6. The van der Waals surface area contributed by atoms with Crippen molar-refractivity contribution in [3.8, 4) is 86.6 Å². The molecule has 0 aromatic heterocycles. The van der Waals surface area contributed by atoms with E-state index in [2.05, 4.69) is 16.7 Å². The first-order valence-electron chi connectivity index (χ1n) is 39.5. The Kier molecular flexibility index (Phi) is 21.5. The Morgan fingerprint density at radius 2 is 0.898 bits per heavy atom. The van der Waals surface area contributed by atoms with Gasteiger partial charge in [-0.3, -0.25) is 30.2 Å². The Morgan fingerprint density at radius 1 is 0.512 bits per heavy atom. The minimum atomic E-state index is -6.87. The van der Waals surface area contributed by atoms with Gasteiger partial charge in [-0.2, -0.15) is 66.7 Å². The number of hydrogen-bond donors (Lipinski definition) is 7. The molecule has 0 amide bonds. The topological polar surface area (TPSA) is 341 Å². The Labute approximate surface area is 720 Å². The number of aromatic hydroxyl groups is 4. The Balaban J connectivity index is 0.000000179. The highest BCUT2D eigenvalue weighted by Gasteiger charge is 2.79. The molecule has 14 aliphatic rings. The van der Waals surface area contributed by atoms with E-state index < -0.39 is 180 Å². The molecule has 20 rings (SSSR count). The van der Waals surface area contributed by atoms with Gasteiger partial charge in [-0.1, -0.05) is 12.1 Å². The molecule has 0 aliphatic carbocycles. The second-order valence-electron chi connectivity index (χ2n) is 32.9. The number of carbonyl (C=O) groups is 4. The number of fused-ring (bicyclic) bond motifs is 18. The number of aliphatic hydroxyl groups is 1. The van der Waals surface area contributed by atoms with Crippen LogP contribution in [0.4, 0.5) is 61.5 Å². The third-order valence-electron chi connectivity index (χ3n) is 26.6. The van der Waals surface area contributed by atoms with Crippen LogP contribution in [-0.4, -0.2) is 235 Å². The molecule has 7 N–H and O–H groups in total. The van der Waals surface area contributed by atoms with E-state index in [1.54, 1.807) is 48.7 Å². The van der Waals surface area contributed by atoms with Crippen LogP contribution in [0, 0.1) is 39.0 Å². The van der Waals surface area contributed by atoms with Gasteiger partial charge < -0.3 is 82.4 Å². The zero-order valence-electron chi connectivity index (χ0n) is 68.5. The van der Waals surface area contributed by atoms with Crippen LogP contribution in [0.15, 0.2) is 36.4 Å². The van der Waals surface area contributed by atoms with Crippen molar-refractivity contribution >= 4 is 47.4 Å². The van der Waals surface area contributed by atoms with Crippen molar-refractivity contribution in [3.63, 3.8) is 0 Å². The van der Waals surface area contributed by atoms with Gasteiger partial charge in [0, 0.05) is 87.2 Å². The van der Waals surface area contributed by atoms with E-state index in [1.807, 2.05) is 11.0 Å². The first-order chi connectivity index (χ1) is 59.8. The minimum absolute atomic E-state index is 0.0123. The number of methoxy groups -OCH3 is 4. The number of thioether (sulfide) groups is 2. The maximum absolute atomic E-state index is 15.3. The lowest BCUT2D eigenvalue weighted by molar-refractivity contribution is -0.346. The second-order valence-corrected chi connectivity index (χ2v) is 35.2. The molecule has 14 heterocycles. The van der Waals surface area contributed by atoms with Crippen LogP contribution in [0.1, 0.15) is 124 Å². The van der Waals surface area contributed by atoms with Crippen LogP contribution in [0.25, 0.3) is 0 Å². The number of esters is 4. The number of phenols is 4. The number of nitriles is 1. The van der Waals surface area contributed by atoms with Crippen LogP contribution in [0.3, 0.4) is 0 Å². The van der Waals surface area contributed by atoms with Gasteiger partial charge in [0.2, 0.25) is 13.6 Å². The lowest BCUT2D eigenvalue weighted by Gasteiger charge is -2.62. The predicted molar refractivity (Wildman–Crippen MR) is 413 cm³/mol. The van der Waals surface area contributed by atoms with Crippen molar-refractivity contribution in [2.24, 2.45) is 0 Å². The number of phenolic OH excluding ortho intramolecular Hbond substituents is 4. The molecule has 14 aliphatic heterocycles. The summed E-state index contributed by atoms with van der Waals surface area (Å²) in [5.74, 6) is -38.1. The minimum Gasteiger partial charge on any atom is -0.504 e. The van der Waals surface area contributed by atoms with E-state index >= 15 is 17.6 Å². The maximum Gasteiger partial charge on any atom is 0.460 e. The van der Waals surface area contributed by atoms with Gasteiger partial charge in [0.25, 0.3) is 0 Å². The Morgan fingerprint density at radius 3 is 1.29 bits per heavy atom. The first kappa shape index (κ1) is 88.7. The van der Waals surface area contributed by atoms with Crippen molar-refractivity contribution < 1.29 is 163 Å². The fourth-order valence-corrected chi connectivity index (χ4v) is 24.2. The third kappa shape index (κ3) is 12.7. The van der Waals surface area contributed by atoms with Gasteiger partial charge in [0.1, 0.15) is 37.0 Å². The highest BCUT2D eigenvalue weighted by Crippen LogP contribution is 2.69. The average Bonchev–Trinajstić information content (AvgIpc) is 1.53. The molecule has 14 atom stereocenters. The van der Waals surface area contributed by atoms with Crippen molar-refractivity contribution in [1.82, 2.24) is 30.2 Å². The van der Waals surface area contributed by atoms with E-state index in [0.29, 0.717) is 68.5 Å². The number of alkyl halides is 14. The van der Waals surface area contributed by atoms with Crippen molar-refractivity contribution in [2.75, 3.05) is 93.9 Å². The zero-order valence-corrected chi connectivity index (χ0v) is 70.1. The fraction of sp³-hybridized carbons (Fsp3) is 0.506. The number of ether oxygens (including phenoxy) is 12. The molecule has 8 bridgehead atoms. The van der Waals surface area contributed by atoms with Crippen LogP contribution >= 0.6 is 23.5 Å². The van der Waals surface area contributed by atoms with Gasteiger partial charge in [0.15, 0.2) is 80.1 Å². The van der Waals surface area contributed by atoms with Crippen molar-refractivity contribution in [1.29, 1.82) is 5.26 Å². The molecule has 4 saturated heterocycles. The van der Waals surface area contributed by atoms with E-state index in [1.165, 1.54) is 66.6 Å². The lowest BCUT2D eigenvalue weighted by atomic mass is 9.71. The predicted octanol–water partition coefficient (Wildman–Crippen LogP) is 11.0. The molecular weight excluding hydrogens is 1760 g/mol. The molecule has 2 unspecified atom stereocenters. The highest BCUT2D eigenvalue weighted by molar-refractivity contribution is 7.99. The summed E-state index contributed by atoms with van der Waals surface area (Å²) in [4.78, 5) is 63.2. The van der Waals surface area contributed by atoms with Crippen LogP contribution < -0.4 is 58.0 Å². The number of nitrogens with zero attached hydrogens (tertiary/aromatic N) is 5. The number of benzene rings is 6. The van der Waals surface area contributed by atoms with Gasteiger partial charge in [0.05, 0.1) is 75.2 Å². The maximum atomic E-state index is 15.3. The smallest absolute Gasteiger partial charge is 0.460 e. The number of hydrogen-bond acceptors (Lipinski definition) is 30. The summed E-state index contributed by atoms with van der Waals surface area (Å²) in [6.07, 6.45) is -14.0. The summed E-state index contributed by atoms with van der Waals surface area (Å²) < 4.78 is 268. The standard InChI is InChI=1S/C42H39F7N4O10S.C41H40F7N3O11S/c1-16-8-19-9-21-22(12-50)53-23-13-60-37(56)39(20-11-25(58-4)24(54)10-18(20)6-7-51-39)14-64-36(30(53)29(52(21)3)26(19)31(55)32(16)59-5)28-27(23)35-34(61-15-62-35)17(2)33(28)63-38(57)40(43,44)41(45,46)42(47,48)49;1-15-8-18-9-20-35(54)51-21-12-59-36(55)38(19-11-23(57-4)22(52)10-17(19)6-7-49-38)13-63-34(28(51)27(50(20)3)24(18)29(53)30(15)58-5)26-25(21)33-32(60-14-61-33)16(2)31(26)62-37(56)39(42,43)40(44,45)41(46,47)48/h8,10-11,21-23,29-30,36,51,54-55H,6-7,9,13-15H2,1-5H3;8,10-11,20-21,27-28,34-35,49,52-54H,6-7,9,12-14H2,1-5H3/t21-,22-,23-,29+,30?,36+,39+;20-,21-,27+,28?,34+,35-,38+/m00/s1. The molecule has 6 aromatic carbocycles. The van der Waals surface area contributed by atoms with E-state index in [4.69, 9.17) is 56.8 Å². The highest BCUT2D eigenvalue weighted by atomic mass is 32.2. The Hall–Kier alpha value is -10.3. The molecule has 0 radical (unpaired) electrons. The summed E-state index contributed by atoms with van der Waals surface area (Å²) in [6.45, 7) is 4.02. The lowest BCUT2D eigenvalue weighted by Crippen LogP contribution is -2.70. The van der Waals surface area contributed by atoms with Crippen molar-refractivity contribution in [3.05, 3.63) is 125 Å². The number of piperazine rings is 2. The molecular formula is C83H79F14N7O21S2. The number of rotatable bonds is 10. The van der Waals surface area contributed by atoms with Gasteiger partial charge >= 0.3 is 59.9 Å². The quantitative estimate of drug-likeness (QED) is 0.0380. The molecule has 0 saturated carbocycles. The van der Waals surface area contributed by atoms with E-state index in [-0.39, 0.29) is 140 Å². The van der Waals surface area contributed by atoms with Crippen LogP contribution in [-0.2, 0) is 65.4 Å². The zero-order chi connectivity index (χ0) is 91.6. The Bertz CT molecular complexity index is 5690. The summed E-state index contributed by atoms with van der Waals surface area (Å²) in [5, 5.41) is 73.1. The second kappa shape index (κ2) is 30.7. The molecule has 127 heavy (non-hydrogen) atoms. The largest absolute Gasteiger partial charge is 0.504 e. The number of aliphatic hydroxyl groups excluding tert-OH is 1. The molecule has 28 nitrogen and oxygen atoms in total. The SMILES string of the molecule is COc1cc2c(cc1O)CCN[C@]21CS[C@@H]2c3c(OC(=O)C(F)(F)C(F)(F)C(F)(F)F)c(C)c4c(c3[C@H](COC1=O)N1C2[C@H]2c3c(cc(C)c(OC)c3O)C[C@@H]([C@@H]1C#N)N2C)OCO4.COc1cc2c(cc1O)CCN[C@]21CS[C@@H]2c3c(OC(=O)C(F)(F)C(F)(F)C(F)(F)F)c(C)c4c(c3[C@H](COC1=O)N1C2[C@H]2c3c(cc(C)c(OC)c3O)C[C@@H]([C@@H]1O)N2C)OCO4. The number of nitrogens with one attached hydrogen (secondary N) is 2. The summed E-state index contributed by atoms with van der Waals surface area (Å²) in [5.41, 5.74) is 0.492. The molecule has 682 valence electrons. The van der Waals surface area contributed by atoms with E-state index in [9.17, 15) is 93.9 Å². The summed E-state index contributed by atoms with van der Waals surface area (Å²) in [6, 6.07) is 2.74. The molecule has 2 spiro atoms.